The van der Waals surface area contributed by atoms with Gasteiger partial charge in [-0.2, -0.15) is 15.0 Å². The molecule has 142 valence electrons. The Morgan fingerprint density at radius 1 is 1.21 bits per heavy atom. The van der Waals surface area contributed by atoms with Gasteiger partial charge in [-0.1, -0.05) is 12.1 Å². The molecule has 0 aliphatic heterocycles. The van der Waals surface area contributed by atoms with Crippen molar-refractivity contribution in [3.8, 4) is 11.8 Å². The van der Waals surface area contributed by atoms with Crippen molar-refractivity contribution in [1.29, 1.82) is 5.26 Å². The Morgan fingerprint density at radius 3 is 2.50 bits per heavy atom. The first-order valence-electron chi connectivity index (χ1n) is 7.91. The van der Waals surface area contributed by atoms with Crippen LogP contribution in [0, 0.1) is 11.3 Å². The third-order valence-corrected chi connectivity index (χ3v) is 5.26. The average molecular weight is 397 g/mol. The number of nitrogens with one attached hydrogen (secondary N) is 1. The third-order valence-electron chi connectivity index (χ3n) is 3.88. The molecule has 0 radical (unpaired) electrons. The average Bonchev–Trinajstić information content (AvgIpc) is 3.08. The number of rotatable bonds is 5. The molecule has 0 unspecified atom stereocenters. The zero-order chi connectivity index (χ0) is 20.3. The van der Waals surface area contributed by atoms with Crippen molar-refractivity contribution in [3.63, 3.8) is 0 Å². The number of anilines is 2. The summed E-state index contributed by atoms with van der Waals surface area (Å²) in [4.78, 5) is 12.4. The zero-order valence-electron chi connectivity index (χ0n) is 14.7. The van der Waals surface area contributed by atoms with Crippen LogP contribution in [0.2, 0.25) is 0 Å². The van der Waals surface area contributed by atoms with Crippen LogP contribution in [0.4, 0.5) is 11.5 Å². The van der Waals surface area contributed by atoms with Gasteiger partial charge in [0, 0.05) is 5.56 Å². The van der Waals surface area contributed by atoms with Crippen LogP contribution in [-0.4, -0.2) is 31.2 Å². The Kier molecular flexibility index (Phi) is 5.02. The van der Waals surface area contributed by atoms with Gasteiger partial charge >= 0.3 is 0 Å². The summed E-state index contributed by atoms with van der Waals surface area (Å²) in [5.41, 5.74) is 6.23. The summed E-state index contributed by atoms with van der Waals surface area (Å²) in [6.45, 7) is 0. The van der Waals surface area contributed by atoms with Crippen LogP contribution >= 0.6 is 0 Å². The highest BCUT2D eigenvalue weighted by Gasteiger charge is 2.19. The molecular formula is C18H15N5O4S. The molecular weight excluding hydrogens is 382 g/mol. The number of ether oxygens (including phenoxy) is 1. The van der Waals surface area contributed by atoms with E-state index in [0.717, 1.165) is 4.68 Å². The quantitative estimate of drug-likeness (QED) is 0.669. The van der Waals surface area contributed by atoms with Crippen molar-refractivity contribution in [2.24, 2.45) is 0 Å². The van der Waals surface area contributed by atoms with Gasteiger partial charge in [0.15, 0.2) is 0 Å². The molecule has 1 aromatic heterocycles. The third kappa shape index (κ3) is 3.51. The summed E-state index contributed by atoms with van der Waals surface area (Å²) in [6, 6.07) is 13.7. The molecule has 10 heteroatoms. The summed E-state index contributed by atoms with van der Waals surface area (Å²) >= 11 is 0. The van der Waals surface area contributed by atoms with E-state index in [4.69, 9.17) is 15.7 Å². The van der Waals surface area contributed by atoms with Crippen molar-refractivity contribution in [2.45, 2.75) is 4.90 Å². The van der Waals surface area contributed by atoms with E-state index >= 15 is 0 Å². The number of carbonyl (C=O) groups is 1. The topological polar surface area (TPSA) is 140 Å². The first-order chi connectivity index (χ1) is 13.4. The van der Waals surface area contributed by atoms with Crippen LogP contribution in [0.1, 0.15) is 15.9 Å². The predicted molar refractivity (Wildman–Crippen MR) is 101 cm³/mol. The number of benzene rings is 2. The number of nitrogens with two attached hydrogens (primary N) is 1. The van der Waals surface area contributed by atoms with Gasteiger partial charge in [-0.05, 0) is 36.4 Å². The Labute approximate surface area is 161 Å². The van der Waals surface area contributed by atoms with Gasteiger partial charge in [0.05, 0.1) is 23.9 Å². The van der Waals surface area contributed by atoms with Gasteiger partial charge < -0.3 is 10.5 Å². The van der Waals surface area contributed by atoms with E-state index in [1.54, 1.807) is 24.3 Å². The van der Waals surface area contributed by atoms with Crippen molar-refractivity contribution in [2.75, 3.05) is 17.6 Å². The normalized spacial score (nSPS) is 10.9. The summed E-state index contributed by atoms with van der Waals surface area (Å²) in [5.74, 6) is -0.289. The van der Waals surface area contributed by atoms with E-state index in [2.05, 4.69) is 9.82 Å². The maximum absolute atomic E-state index is 12.6. The Balaban J connectivity index is 1.86. The zero-order valence-corrected chi connectivity index (χ0v) is 15.5. The van der Waals surface area contributed by atoms with Crippen molar-refractivity contribution in [1.82, 2.24) is 9.78 Å². The minimum atomic E-state index is -3.89. The molecule has 2 aromatic carbocycles. The molecule has 3 N–H and O–H groups in total. The fraction of sp³-hybridized carbons (Fsp3) is 0.0556. The molecule has 0 aliphatic rings. The number of nitrogens with zero attached hydrogens (tertiary/aromatic N) is 3. The number of nitriles is 1. The largest absolute Gasteiger partial charge is 0.495 e. The second-order valence-corrected chi connectivity index (χ2v) is 7.28. The highest BCUT2D eigenvalue weighted by Crippen LogP contribution is 2.26. The molecule has 0 fully saturated rings. The molecule has 0 saturated heterocycles. The fourth-order valence-electron chi connectivity index (χ4n) is 2.44. The molecule has 3 rings (SSSR count). The number of hydrogen-bond acceptors (Lipinski definition) is 7. The Morgan fingerprint density at radius 2 is 1.89 bits per heavy atom. The number of carbonyl (C=O) groups excluding carboxylic acids is 1. The van der Waals surface area contributed by atoms with Crippen LogP contribution in [0.15, 0.2) is 59.6 Å². The number of aromatic nitrogens is 2. The van der Waals surface area contributed by atoms with Gasteiger partial charge in [-0.3, -0.25) is 9.52 Å². The van der Waals surface area contributed by atoms with E-state index in [1.165, 1.54) is 37.6 Å². The highest BCUT2D eigenvalue weighted by atomic mass is 32.2. The van der Waals surface area contributed by atoms with Crippen molar-refractivity contribution in [3.05, 3.63) is 65.9 Å². The van der Waals surface area contributed by atoms with E-state index < -0.39 is 15.9 Å². The SMILES string of the molecule is COc1ccccc1NS(=O)(=O)c1ccc(C(=O)n2ncc(C#N)c2N)cc1. The summed E-state index contributed by atoms with van der Waals surface area (Å²) in [6.07, 6.45) is 1.18. The molecule has 0 atom stereocenters. The summed E-state index contributed by atoms with van der Waals surface area (Å²) in [5, 5.41) is 12.7. The number of sulfonamides is 1. The van der Waals surface area contributed by atoms with Gasteiger partial charge in [0.25, 0.3) is 15.9 Å². The lowest BCUT2D eigenvalue weighted by Crippen LogP contribution is -2.17. The van der Waals surface area contributed by atoms with Crippen LogP contribution < -0.4 is 15.2 Å². The number of methoxy groups -OCH3 is 1. The van der Waals surface area contributed by atoms with Gasteiger partial charge in [-0.15, -0.1) is 0 Å². The van der Waals surface area contributed by atoms with E-state index in [-0.39, 0.29) is 21.8 Å². The second kappa shape index (κ2) is 7.42. The van der Waals surface area contributed by atoms with Gasteiger partial charge in [-0.25, -0.2) is 8.42 Å². The standard InChI is InChI=1S/C18H15N5O4S/c1-27-16-5-3-2-4-15(16)22-28(25,26)14-8-6-12(7-9-14)18(24)23-17(20)13(10-19)11-21-23/h2-9,11,22H,20H2,1H3. The lowest BCUT2D eigenvalue weighted by Gasteiger charge is -2.12. The fourth-order valence-corrected chi connectivity index (χ4v) is 3.51. The van der Waals surface area contributed by atoms with E-state index in [9.17, 15) is 13.2 Å². The van der Waals surface area contributed by atoms with E-state index in [0.29, 0.717) is 11.4 Å². The minimum absolute atomic E-state index is 0.0406. The molecule has 0 spiro atoms. The second-order valence-electron chi connectivity index (χ2n) is 5.60. The maximum Gasteiger partial charge on any atom is 0.280 e. The molecule has 0 amide bonds. The smallest absolute Gasteiger partial charge is 0.280 e. The lowest BCUT2D eigenvalue weighted by atomic mass is 10.2. The summed E-state index contributed by atoms with van der Waals surface area (Å²) < 4.78 is 33.6. The molecule has 9 nitrogen and oxygen atoms in total. The number of nitrogen functional groups attached to an aromatic ring is 1. The predicted octanol–water partition coefficient (Wildman–Crippen LogP) is 1.83. The number of para-hydroxylation sites is 2. The minimum Gasteiger partial charge on any atom is -0.495 e. The Hall–Kier alpha value is -3.84. The van der Waals surface area contributed by atoms with E-state index in [1.807, 2.05) is 6.07 Å². The monoisotopic (exact) mass is 397 g/mol. The van der Waals surface area contributed by atoms with Crippen molar-refractivity contribution < 1.29 is 17.9 Å². The lowest BCUT2D eigenvalue weighted by molar-refractivity contribution is 0.0948. The van der Waals surface area contributed by atoms with Crippen LogP contribution in [0.5, 0.6) is 5.75 Å². The molecule has 3 aromatic rings. The molecule has 28 heavy (non-hydrogen) atoms. The van der Waals surface area contributed by atoms with Crippen molar-refractivity contribution >= 4 is 27.4 Å². The first kappa shape index (κ1) is 18.9. The Bertz CT molecular complexity index is 1180. The molecule has 0 aliphatic carbocycles. The molecule has 1 heterocycles. The summed E-state index contributed by atoms with van der Waals surface area (Å²) in [7, 11) is -2.46. The first-order valence-corrected chi connectivity index (χ1v) is 9.40. The number of hydrogen-bond donors (Lipinski definition) is 2. The van der Waals surface area contributed by atoms with Crippen LogP contribution in [0.3, 0.4) is 0 Å². The molecule has 0 bridgehead atoms. The van der Waals surface area contributed by atoms with Crippen LogP contribution in [-0.2, 0) is 10.0 Å². The van der Waals surface area contributed by atoms with Crippen LogP contribution in [0.25, 0.3) is 0 Å². The molecule has 0 saturated carbocycles. The van der Waals surface area contributed by atoms with Gasteiger partial charge in [0.1, 0.15) is 23.2 Å². The highest BCUT2D eigenvalue weighted by molar-refractivity contribution is 7.92. The maximum atomic E-state index is 12.6. The van der Waals surface area contributed by atoms with Gasteiger partial charge in [0.2, 0.25) is 0 Å².